The first-order valence-electron chi connectivity index (χ1n) is 10.7. The zero-order valence-electron chi connectivity index (χ0n) is 17.0. The molecule has 3 saturated heterocycles. The number of nitrogens with zero attached hydrogens (tertiary/aromatic N) is 3. The average molecular weight is 410 g/mol. The molecule has 4 aromatic rings. The number of benzene rings is 2. The molecular weight excluding hydrogens is 388 g/mol. The molecule has 154 valence electrons. The second-order valence-corrected chi connectivity index (χ2v) is 8.57. The Labute approximate surface area is 178 Å². The Balaban J connectivity index is 1.56. The molecule has 3 aliphatic rings. The molecule has 7 nitrogen and oxygen atoms in total. The number of aromatic nitrogens is 3. The highest BCUT2D eigenvalue weighted by Crippen LogP contribution is 2.35. The number of hydrogen-bond acceptors (Lipinski definition) is 5. The average Bonchev–Trinajstić information content (AvgIpc) is 3.23. The molecule has 0 amide bonds. The minimum atomic E-state index is -0.217. The molecule has 7 heteroatoms. The van der Waals surface area contributed by atoms with Gasteiger partial charge in [-0.25, -0.2) is 4.98 Å². The van der Waals surface area contributed by atoms with Gasteiger partial charge in [0.05, 0.1) is 33.9 Å². The lowest BCUT2D eigenvalue weighted by atomic mass is 9.83. The van der Waals surface area contributed by atoms with E-state index in [0.29, 0.717) is 28.4 Å². The summed E-state index contributed by atoms with van der Waals surface area (Å²) in [6.07, 6.45) is 2.36. The number of rotatable bonds is 3. The third-order valence-electron chi connectivity index (χ3n) is 6.76. The molecule has 2 aromatic heterocycles. The molecule has 31 heavy (non-hydrogen) atoms. The number of para-hydroxylation sites is 2. The topological polar surface area (TPSA) is 101 Å². The van der Waals surface area contributed by atoms with Gasteiger partial charge in [0.1, 0.15) is 11.4 Å². The quantitative estimate of drug-likeness (QED) is 0.480. The number of nitriles is 1. The van der Waals surface area contributed by atoms with E-state index in [1.807, 2.05) is 30.3 Å². The Morgan fingerprint density at radius 3 is 2.68 bits per heavy atom. The van der Waals surface area contributed by atoms with Crippen LogP contribution in [0.3, 0.4) is 0 Å². The van der Waals surface area contributed by atoms with E-state index in [0.717, 1.165) is 41.7 Å². The van der Waals surface area contributed by atoms with Crippen molar-refractivity contribution in [1.82, 2.24) is 19.9 Å². The first-order valence-corrected chi connectivity index (χ1v) is 10.7. The Bertz CT molecular complexity index is 1370. The van der Waals surface area contributed by atoms with Crippen molar-refractivity contribution in [3.8, 4) is 17.5 Å². The van der Waals surface area contributed by atoms with Gasteiger partial charge >= 0.3 is 0 Å². The number of H-pyrrole nitrogens is 2. The van der Waals surface area contributed by atoms with E-state index < -0.39 is 0 Å². The Morgan fingerprint density at radius 2 is 1.94 bits per heavy atom. The number of aromatic amines is 2. The van der Waals surface area contributed by atoms with Gasteiger partial charge in [-0.1, -0.05) is 12.1 Å². The van der Waals surface area contributed by atoms with Crippen LogP contribution in [0.15, 0.2) is 47.3 Å². The van der Waals surface area contributed by atoms with Crippen LogP contribution in [-0.2, 0) is 0 Å². The van der Waals surface area contributed by atoms with Gasteiger partial charge in [0, 0.05) is 18.0 Å². The van der Waals surface area contributed by atoms with E-state index in [4.69, 9.17) is 4.98 Å². The summed E-state index contributed by atoms with van der Waals surface area (Å²) in [5, 5.41) is 13.9. The monoisotopic (exact) mass is 410 g/mol. The van der Waals surface area contributed by atoms with Crippen LogP contribution in [-0.4, -0.2) is 45.5 Å². The second-order valence-electron chi connectivity index (χ2n) is 8.57. The number of hydrogen-bond donors (Lipinski definition) is 3. The maximum Gasteiger partial charge on any atom is 0.261 e. The SMILES string of the molecule is N#Cc1ccc2c(N[C@H]3CN4CCC3CC4)c(-c3nc4ccccc4[nH]3)c(=O)[nH]c2c1. The van der Waals surface area contributed by atoms with E-state index in [1.165, 1.54) is 12.8 Å². The highest BCUT2D eigenvalue weighted by atomic mass is 16.1. The second kappa shape index (κ2) is 6.96. The number of pyridine rings is 1. The van der Waals surface area contributed by atoms with Gasteiger partial charge in [-0.05, 0) is 62.2 Å². The van der Waals surface area contributed by atoms with E-state index in [2.05, 4.69) is 26.3 Å². The summed E-state index contributed by atoms with van der Waals surface area (Å²) in [4.78, 5) is 26.8. The molecular formula is C24H22N6O. The maximum absolute atomic E-state index is 13.3. The van der Waals surface area contributed by atoms with E-state index in [1.54, 1.807) is 12.1 Å². The summed E-state index contributed by atoms with van der Waals surface area (Å²) in [5.41, 5.74) is 3.99. The van der Waals surface area contributed by atoms with Crippen LogP contribution in [0.5, 0.6) is 0 Å². The first kappa shape index (κ1) is 18.2. The molecule has 2 aromatic carbocycles. The lowest BCUT2D eigenvalue weighted by Crippen LogP contribution is -2.53. The predicted octanol–water partition coefficient (Wildman–Crippen LogP) is 3.45. The molecule has 3 aliphatic heterocycles. The number of piperidine rings is 3. The first-order chi connectivity index (χ1) is 15.2. The maximum atomic E-state index is 13.3. The summed E-state index contributed by atoms with van der Waals surface area (Å²) in [6.45, 7) is 3.29. The molecule has 0 unspecified atom stereocenters. The summed E-state index contributed by atoms with van der Waals surface area (Å²) >= 11 is 0. The van der Waals surface area contributed by atoms with Gasteiger partial charge in [-0.15, -0.1) is 0 Å². The van der Waals surface area contributed by atoms with Crippen LogP contribution in [0.4, 0.5) is 5.69 Å². The van der Waals surface area contributed by atoms with Crippen molar-refractivity contribution in [3.63, 3.8) is 0 Å². The van der Waals surface area contributed by atoms with Gasteiger partial charge in [-0.2, -0.15) is 5.26 Å². The van der Waals surface area contributed by atoms with Gasteiger partial charge in [-0.3, -0.25) is 4.79 Å². The fraction of sp³-hybridized carbons (Fsp3) is 0.292. The summed E-state index contributed by atoms with van der Waals surface area (Å²) in [6, 6.07) is 15.7. The minimum Gasteiger partial charge on any atom is -0.379 e. The fourth-order valence-electron chi connectivity index (χ4n) is 5.13. The van der Waals surface area contributed by atoms with Crippen molar-refractivity contribution < 1.29 is 0 Å². The van der Waals surface area contributed by atoms with Gasteiger partial charge < -0.3 is 20.2 Å². The number of fused-ring (bicyclic) bond motifs is 5. The molecule has 0 aliphatic carbocycles. The molecule has 7 rings (SSSR count). The molecule has 3 fully saturated rings. The van der Waals surface area contributed by atoms with Crippen LogP contribution in [0, 0.1) is 17.2 Å². The van der Waals surface area contributed by atoms with Crippen molar-refractivity contribution >= 4 is 27.6 Å². The van der Waals surface area contributed by atoms with Crippen molar-refractivity contribution in [2.45, 2.75) is 18.9 Å². The van der Waals surface area contributed by atoms with E-state index in [9.17, 15) is 10.1 Å². The van der Waals surface area contributed by atoms with Gasteiger partial charge in [0.25, 0.3) is 5.56 Å². The Hall–Kier alpha value is -3.63. The molecule has 0 radical (unpaired) electrons. The number of imidazole rings is 1. The molecule has 1 atom stereocenters. The van der Waals surface area contributed by atoms with Crippen LogP contribution >= 0.6 is 0 Å². The van der Waals surface area contributed by atoms with Crippen LogP contribution in [0.2, 0.25) is 0 Å². The van der Waals surface area contributed by atoms with E-state index >= 15 is 0 Å². The van der Waals surface area contributed by atoms with E-state index in [-0.39, 0.29) is 11.6 Å². The fourth-order valence-corrected chi connectivity index (χ4v) is 5.13. The standard InChI is InChI=1S/C24H22N6O/c25-12-14-5-6-16-19(11-14)29-24(31)21(23-27-17-3-1-2-4-18(17)28-23)22(16)26-20-13-30-9-7-15(20)8-10-30/h1-6,11,15,20H,7-10,13H2,(H,27,28)(H2,26,29,31)/t20-/m0/s1. The largest absolute Gasteiger partial charge is 0.379 e. The highest BCUT2D eigenvalue weighted by molar-refractivity contribution is 5.99. The van der Waals surface area contributed by atoms with Gasteiger partial charge in [0.2, 0.25) is 0 Å². The zero-order valence-corrected chi connectivity index (χ0v) is 17.0. The number of nitrogens with one attached hydrogen (secondary N) is 3. The summed E-state index contributed by atoms with van der Waals surface area (Å²) in [5.74, 6) is 1.15. The Kier molecular flexibility index (Phi) is 4.08. The normalized spacial score (nSPS) is 22.6. The van der Waals surface area contributed by atoms with Crippen molar-refractivity contribution in [2.75, 3.05) is 25.0 Å². The zero-order chi connectivity index (χ0) is 20.9. The molecule has 3 N–H and O–H groups in total. The van der Waals surface area contributed by atoms with Crippen molar-refractivity contribution in [1.29, 1.82) is 5.26 Å². The van der Waals surface area contributed by atoms with Gasteiger partial charge in [0.15, 0.2) is 0 Å². The number of anilines is 1. The third-order valence-corrected chi connectivity index (χ3v) is 6.76. The summed E-state index contributed by atoms with van der Waals surface area (Å²) in [7, 11) is 0. The Morgan fingerprint density at radius 1 is 1.10 bits per heavy atom. The van der Waals surface area contributed by atoms with Crippen LogP contribution in [0.1, 0.15) is 18.4 Å². The molecule has 5 heterocycles. The minimum absolute atomic E-state index is 0.217. The van der Waals surface area contributed by atoms with Crippen LogP contribution in [0.25, 0.3) is 33.3 Å². The molecule has 2 bridgehead atoms. The highest BCUT2D eigenvalue weighted by Gasteiger charge is 2.35. The van der Waals surface area contributed by atoms with Crippen LogP contribution < -0.4 is 10.9 Å². The van der Waals surface area contributed by atoms with Crippen molar-refractivity contribution in [3.05, 3.63) is 58.4 Å². The van der Waals surface area contributed by atoms with Crippen molar-refractivity contribution in [2.24, 2.45) is 5.92 Å². The smallest absolute Gasteiger partial charge is 0.261 e. The molecule has 0 saturated carbocycles. The lowest BCUT2D eigenvalue weighted by molar-refractivity contribution is 0.0976. The predicted molar refractivity (Wildman–Crippen MR) is 121 cm³/mol. The summed E-state index contributed by atoms with van der Waals surface area (Å²) < 4.78 is 0. The third kappa shape index (κ3) is 2.99. The lowest BCUT2D eigenvalue weighted by Gasteiger charge is -2.45. The molecule has 0 spiro atoms.